The van der Waals surface area contributed by atoms with Crippen LogP contribution in [0.5, 0.6) is 5.75 Å². The van der Waals surface area contributed by atoms with Crippen LogP contribution in [0.2, 0.25) is 0 Å². The number of rotatable bonds is 10. The van der Waals surface area contributed by atoms with Crippen LogP contribution in [0, 0.1) is 0 Å². The van der Waals surface area contributed by atoms with Crippen molar-refractivity contribution in [1.29, 1.82) is 0 Å². The van der Waals surface area contributed by atoms with Crippen molar-refractivity contribution in [2.24, 2.45) is 11.5 Å². The van der Waals surface area contributed by atoms with Gasteiger partial charge in [-0.1, -0.05) is 12.1 Å². The highest BCUT2D eigenvalue weighted by molar-refractivity contribution is 5.93. The molecule has 0 unspecified atom stereocenters. The van der Waals surface area contributed by atoms with Gasteiger partial charge in [-0.3, -0.25) is 14.4 Å². The molecular weight excluding hydrogens is 372 g/mol. The molecule has 0 aliphatic rings. The minimum Gasteiger partial charge on any atom is -0.508 e. The first-order valence-electron chi connectivity index (χ1n) is 8.34. The van der Waals surface area contributed by atoms with Crippen molar-refractivity contribution in [2.45, 2.75) is 44.0 Å². The first-order valence-corrected chi connectivity index (χ1v) is 8.34. The first kappa shape index (κ1) is 22.9. The lowest BCUT2D eigenvalue weighted by Gasteiger charge is -2.23. The van der Waals surface area contributed by atoms with E-state index in [-0.39, 0.29) is 12.2 Å². The van der Waals surface area contributed by atoms with Gasteiger partial charge < -0.3 is 37.4 Å². The smallest absolute Gasteiger partial charge is 0.326 e. The lowest BCUT2D eigenvalue weighted by molar-refractivity contribution is -0.143. The summed E-state index contributed by atoms with van der Waals surface area (Å²) >= 11 is 0. The second kappa shape index (κ2) is 10.2. The second-order valence-corrected chi connectivity index (χ2v) is 6.27. The van der Waals surface area contributed by atoms with Gasteiger partial charge in [0.05, 0.1) is 12.5 Å². The molecule has 1 aromatic carbocycles. The number of carboxylic acid groups (broad SMARTS) is 1. The van der Waals surface area contributed by atoms with Crippen molar-refractivity contribution in [3.05, 3.63) is 29.8 Å². The number of nitrogens with two attached hydrogens (primary N) is 2. The zero-order valence-corrected chi connectivity index (χ0v) is 15.2. The van der Waals surface area contributed by atoms with Crippen LogP contribution in [0.15, 0.2) is 24.3 Å². The van der Waals surface area contributed by atoms with E-state index in [0.29, 0.717) is 5.56 Å². The maximum Gasteiger partial charge on any atom is 0.326 e. The molecule has 0 saturated carbocycles. The van der Waals surface area contributed by atoms with E-state index in [1.807, 2.05) is 0 Å². The summed E-state index contributed by atoms with van der Waals surface area (Å²) in [6.07, 6.45) is -1.87. The minimum atomic E-state index is -1.57. The number of aromatic hydroxyl groups is 1. The normalized spacial score (nSPS) is 15.0. The number of aliphatic carboxylic acids is 1. The lowest BCUT2D eigenvalue weighted by atomic mass is 10.0. The van der Waals surface area contributed by atoms with Crippen molar-refractivity contribution in [1.82, 2.24) is 10.6 Å². The molecule has 0 bridgehead atoms. The van der Waals surface area contributed by atoms with Crippen LogP contribution < -0.4 is 22.1 Å². The van der Waals surface area contributed by atoms with Gasteiger partial charge in [0.25, 0.3) is 0 Å². The van der Waals surface area contributed by atoms with Crippen molar-refractivity contribution in [2.75, 3.05) is 0 Å². The Morgan fingerprint density at radius 1 is 1.04 bits per heavy atom. The summed E-state index contributed by atoms with van der Waals surface area (Å²) in [6.45, 7) is 1.30. The molecule has 0 spiro atoms. The van der Waals surface area contributed by atoms with Crippen LogP contribution in [-0.2, 0) is 25.6 Å². The maximum absolute atomic E-state index is 12.5. The van der Waals surface area contributed by atoms with Crippen LogP contribution >= 0.6 is 0 Å². The fourth-order valence-corrected chi connectivity index (χ4v) is 2.24. The fraction of sp³-hybridized carbons (Fsp3) is 0.412. The summed E-state index contributed by atoms with van der Waals surface area (Å²) in [6, 6.07) is 1.63. The third-order valence-electron chi connectivity index (χ3n) is 3.85. The number of carbonyl (C=O) groups is 4. The van der Waals surface area contributed by atoms with Crippen molar-refractivity contribution < 1.29 is 34.5 Å². The Morgan fingerprint density at radius 2 is 1.57 bits per heavy atom. The second-order valence-electron chi connectivity index (χ2n) is 6.27. The lowest BCUT2D eigenvalue weighted by Crippen LogP contribution is -2.57. The molecule has 154 valence electrons. The van der Waals surface area contributed by atoms with E-state index < -0.39 is 54.3 Å². The number of primary amides is 1. The number of nitrogens with one attached hydrogen (secondary N) is 2. The number of benzene rings is 1. The number of phenols is 1. The van der Waals surface area contributed by atoms with Crippen LogP contribution in [0.25, 0.3) is 0 Å². The number of hydrogen-bond donors (Lipinski definition) is 7. The van der Waals surface area contributed by atoms with E-state index in [0.717, 1.165) is 0 Å². The molecule has 9 N–H and O–H groups in total. The van der Waals surface area contributed by atoms with E-state index in [9.17, 15) is 29.4 Å². The van der Waals surface area contributed by atoms with Gasteiger partial charge in [0.2, 0.25) is 17.7 Å². The Bertz CT molecular complexity index is 721. The number of hydrogen-bond acceptors (Lipinski definition) is 7. The van der Waals surface area contributed by atoms with Gasteiger partial charge in [-0.2, -0.15) is 0 Å². The molecular formula is C17H24N4O7. The van der Waals surface area contributed by atoms with Gasteiger partial charge >= 0.3 is 5.97 Å². The molecule has 3 amide bonds. The van der Waals surface area contributed by atoms with Gasteiger partial charge in [-0.25, -0.2) is 4.79 Å². The number of aliphatic hydroxyl groups excluding tert-OH is 1. The third kappa shape index (κ3) is 7.21. The number of aliphatic hydroxyl groups is 1. The average Bonchev–Trinajstić information content (AvgIpc) is 2.60. The molecule has 0 aliphatic heterocycles. The number of carbonyl (C=O) groups excluding carboxylic acids is 3. The summed E-state index contributed by atoms with van der Waals surface area (Å²) in [5.74, 6) is -4.11. The molecule has 11 heteroatoms. The van der Waals surface area contributed by atoms with Gasteiger partial charge in [-0.05, 0) is 24.6 Å². The molecule has 0 aromatic heterocycles. The van der Waals surface area contributed by atoms with E-state index in [1.165, 1.54) is 31.2 Å². The van der Waals surface area contributed by atoms with Crippen LogP contribution in [0.4, 0.5) is 0 Å². The van der Waals surface area contributed by atoms with Crippen molar-refractivity contribution in [3.8, 4) is 5.75 Å². The molecule has 0 heterocycles. The van der Waals surface area contributed by atoms with Gasteiger partial charge in [0, 0.05) is 6.42 Å². The molecule has 1 aromatic rings. The average molecular weight is 396 g/mol. The largest absolute Gasteiger partial charge is 0.508 e. The standard InChI is InChI=1S/C17H24N4O7/c1-8(22)14(19)16(26)20-11(6-9-2-4-10(23)5-3-9)15(25)21-12(17(27)28)7-13(18)24/h2-5,8,11-12,14,22-23H,6-7,19H2,1H3,(H2,18,24)(H,20,26)(H,21,25)(H,27,28)/t8-,11+,12+,14+/m1/s1. The number of phenolic OH excluding ortho intramolecular Hbond substituents is 1. The maximum atomic E-state index is 12.5. The highest BCUT2D eigenvalue weighted by Crippen LogP contribution is 2.12. The van der Waals surface area contributed by atoms with Crippen molar-refractivity contribution in [3.63, 3.8) is 0 Å². The van der Waals surface area contributed by atoms with E-state index in [4.69, 9.17) is 16.6 Å². The SMILES string of the molecule is C[C@@H](O)[C@H](N)C(=O)N[C@@H](Cc1ccc(O)cc1)C(=O)N[C@@H](CC(N)=O)C(=O)O. The summed E-state index contributed by atoms with van der Waals surface area (Å²) in [4.78, 5) is 46.9. The number of carboxylic acids is 1. The molecule has 0 fully saturated rings. The van der Waals surface area contributed by atoms with Gasteiger partial charge in [0.15, 0.2) is 0 Å². The Hall–Kier alpha value is -3.18. The highest BCUT2D eigenvalue weighted by Gasteiger charge is 2.30. The van der Waals surface area contributed by atoms with Crippen LogP contribution in [-0.4, -0.2) is 63.2 Å². The zero-order valence-electron chi connectivity index (χ0n) is 15.2. The molecule has 0 aliphatic carbocycles. The number of amides is 3. The Balaban J connectivity index is 3.01. The molecule has 1 rings (SSSR count). The Kier molecular flexibility index (Phi) is 8.35. The van der Waals surface area contributed by atoms with Crippen molar-refractivity contribution >= 4 is 23.7 Å². The first-order chi connectivity index (χ1) is 13.0. The minimum absolute atomic E-state index is 0.00249. The predicted octanol–water partition coefficient (Wildman–Crippen LogP) is -2.43. The van der Waals surface area contributed by atoms with E-state index >= 15 is 0 Å². The quantitative estimate of drug-likeness (QED) is 0.226. The Labute approximate surface area is 160 Å². The fourth-order valence-electron chi connectivity index (χ4n) is 2.24. The summed E-state index contributed by atoms with van der Waals surface area (Å²) < 4.78 is 0. The van der Waals surface area contributed by atoms with Gasteiger partial charge in [0.1, 0.15) is 23.9 Å². The summed E-state index contributed by atoms with van der Waals surface area (Å²) in [7, 11) is 0. The summed E-state index contributed by atoms with van der Waals surface area (Å²) in [5, 5.41) is 32.4. The topological polar surface area (TPSA) is 205 Å². The predicted molar refractivity (Wildman–Crippen MR) is 96.8 cm³/mol. The molecule has 11 nitrogen and oxygen atoms in total. The molecule has 0 radical (unpaired) electrons. The van der Waals surface area contributed by atoms with Crippen LogP contribution in [0.1, 0.15) is 18.9 Å². The Morgan fingerprint density at radius 3 is 2.04 bits per heavy atom. The van der Waals surface area contributed by atoms with Crippen LogP contribution in [0.3, 0.4) is 0 Å². The monoisotopic (exact) mass is 396 g/mol. The summed E-state index contributed by atoms with van der Waals surface area (Å²) in [5.41, 5.74) is 11.1. The third-order valence-corrected chi connectivity index (χ3v) is 3.85. The zero-order chi connectivity index (χ0) is 21.4. The van der Waals surface area contributed by atoms with Gasteiger partial charge in [-0.15, -0.1) is 0 Å². The highest BCUT2D eigenvalue weighted by atomic mass is 16.4. The molecule has 28 heavy (non-hydrogen) atoms. The van der Waals surface area contributed by atoms with E-state index in [1.54, 1.807) is 0 Å². The van der Waals surface area contributed by atoms with E-state index in [2.05, 4.69) is 10.6 Å². The molecule has 4 atom stereocenters. The molecule has 0 saturated heterocycles.